The molecule has 0 bridgehead atoms. The minimum Gasteiger partial charge on any atom is -0.496 e. The van der Waals surface area contributed by atoms with Gasteiger partial charge in [-0.1, -0.05) is 0 Å². The van der Waals surface area contributed by atoms with Crippen LogP contribution in [0.4, 0.5) is 22.7 Å². The van der Waals surface area contributed by atoms with Crippen LogP contribution in [0.15, 0.2) is 77.8 Å². The third-order valence-corrected chi connectivity index (χ3v) is 10.0. The molecule has 9 amide bonds. The fourth-order valence-electron chi connectivity index (χ4n) is 6.49. The van der Waals surface area contributed by atoms with Crippen LogP contribution in [0.1, 0.15) is 67.6 Å². The number of unbranched alkanes of at least 4 members (excludes halogenated alkanes) is 1. The molecule has 4 aromatic carbocycles. The van der Waals surface area contributed by atoms with Gasteiger partial charge in [-0.2, -0.15) is 0 Å². The van der Waals surface area contributed by atoms with Crippen molar-refractivity contribution in [2.24, 2.45) is 22.2 Å². The van der Waals surface area contributed by atoms with Gasteiger partial charge in [0.15, 0.2) is 5.96 Å². The molecule has 0 fully saturated rings. The second-order valence-corrected chi connectivity index (χ2v) is 15.3. The summed E-state index contributed by atoms with van der Waals surface area (Å²) in [5, 5.41) is 20.3. The van der Waals surface area contributed by atoms with Gasteiger partial charge in [-0.3, -0.25) is 48.1 Å². The Balaban J connectivity index is 1.29. The van der Waals surface area contributed by atoms with E-state index in [0.29, 0.717) is 19.4 Å². The van der Waals surface area contributed by atoms with E-state index in [1.54, 1.807) is 0 Å². The molecule has 0 aliphatic rings. The van der Waals surface area contributed by atoms with Gasteiger partial charge in [0.05, 0.1) is 70.3 Å². The molecule has 0 saturated heterocycles. The summed E-state index contributed by atoms with van der Waals surface area (Å²) >= 11 is 0. The van der Waals surface area contributed by atoms with Crippen LogP contribution in [0.2, 0.25) is 0 Å². The summed E-state index contributed by atoms with van der Waals surface area (Å²) in [6.45, 7) is 0.305. The van der Waals surface area contributed by atoms with Crippen molar-refractivity contribution in [1.82, 2.24) is 21.3 Å². The number of amides is 9. The number of carbonyl (C=O) groups excluding carboxylic acids is 9. The standard InChI is InChI=1S/C47H56N12O13/c1-25(55-38(60)8-6-7-17-51-47(49)50)43(65)59-29-12-16-37(72-5)33(21-29)46(68)54-24-41(63)58-28-11-15-36(71-4)32(20-28)45(67)53-23-40(62)57-27-10-14-35(70-3)31(19-27)44(66)52-22-39(61)56-26-9-13-34(69-2)30(18-26)42(48)64/h9-16,18-21,25H,6-8,17,22-24H2,1-5H3,(H2,48,64)(H,52,66)(H,53,67)(H,54,68)(H,55,60)(H,56,61)(H,57,62)(H,58,63)(H,59,65)(H4,49,50,51)/t25-/m1/s1. The van der Waals surface area contributed by atoms with Crippen molar-refractivity contribution in [3.05, 3.63) is 95.1 Å². The van der Waals surface area contributed by atoms with Gasteiger partial charge in [0.25, 0.3) is 23.6 Å². The number of rotatable bonds is 25. The third-order valence-electron chi connectivity index (χ3n) is 10.0. The quantitative estimate of drug-likeness (QED) is 0.0249. The molecule has 4 rings (SSSR count). The largest absolute Gasteiger partial charge is 0.496 e. The number of aliphatic imine (C=N–C) groups is 1. The van der Waals surface area contributed by atoms with Gasteiger partial charge < -0.3 is 78.7 Å². The van der Waals surface area contributed by atoms with Crippen molar-refractivity contribution in [1.29, 1.82) is 0 Å². The minimum atomic E-state index is -0.919. The molecule has 14 N–H and O–H groups in total. The zero-order valence-electron chi connectivity index (χ0n) is 39.9. The lowest BCUT2D eigenvalue weighted by Crippen LogP contribution is -2.41. The Morgan fingerprint density at radius 3 is 1.18 bits per heavy atom. The highest BCUT2D eigenvalue weighted by Gasteiger charge is 2.21. The first-order valence-electron chi connectivity index (χ1n) is 21.8. The fraction of sp³-hybridized carbons (Fsp3) is 0.277. The van der Waals surface area contributed by atoms with Crippen molar-refractivity contribution >= 4 is 81.9 Å². The first-order valence-corrected chi connectivity index (χ1v) is 21.8. The molecular weight excluding hydrogens is 941 g/mol. The molecule has 0 aromatic heterocycles. The predicted molar refractivity (Wildman–Crippen MR) is 264 cm³/mol. The Bertz CT molecular complexity index is 2730. The van der Waals surface area contributed by atoms with Gasteiger partial charge in [-0.05, 0) is 92.6 Å². The van der Waals surface area contributed by atoms with E-state index in [4.69, 9.17) is 36.1 Å². The van der Waals surface area contributed by atoms with Crippen molar-refractivity contribution < 1.29 is 62.1 Å². The summed E-state index contributed by atoms with van der Waals surface area (Å²) in [4.78, 5) is 119. The number of hydrogen-bond acceptors (Lipinski definition) is 14. The third kappa shape index (κ3) is 16.7. The van der Waals surface area contributed by atoms with Gasteiger partial charge >= 0.3 is 0 Å². The topological polar surface area (TPSA) is 377 Å². The first-order chi connectivity index (χ1) is 34.3. The Morgan fingerprint density at radius 1 is 0.486 bits per heavy atom. The molecular formula is C47H56N12O13. The number of anilines is 4. The van der Waals surface area contributed by atoms with Crippen molar-refractivity contribution in [3.8, 4) is 23.0 Å². The van der Waals surface area contributed by atoms with E-state index >= 15 is 0 Å². The molecule has 382 valence electrons. The number of nitrogens with one attached hydrogen (secondary N) is 8. The zero-order valence-corrected chi connectivity index (χ0v) is 39.9. The Labute approximate surface area is 412 Å². The Kier molecular flexibility index (Phi) is 20.7. The highest BCUT2D eigenvalue weighted by atomic mass is 16.5. The first kappa shape index (κ1) is 55.2. The van der Waals surface area contributed by atoms with Crippen molar-refractivity contribution in [3.63, 3.8) is 0 Å². The van der Waals surface area contributed by atoms with Crippen LogP contribution in [0, 0.1) is 0 Å². The molecule has 0 saturated carbocycles. The maximum absolute atomic E-state index is 13.3. The van der Waals surface area contributed by atoms with Gasteiger partial charge in [0.2, 0.25) is 29.5 Å². The van der Waals surface area contributed by atoms with E-state index in [-0.39, 0.29) is 86.3 Å². The van der Waals surface area contributed by atoms with Crippen molar-refractivity contribution in [2.45, 2.75) is 32.2 Å². The average Bonchev–Trinajstić information content (AvgIpc) is 3.36. The van der Waals surface area contributed by atoms with Crippen molar-refractivity contribution in [2.75, 3.05) is 75.9 Å². The lowest BCUT2D eigenvalue weighted by Gasteiger charge is -2.16. The molecule has 0 radical (unpaired) electrons. The SMILES string of the molecule is COc1ccc(NC(=O)CNC(=O)c2cc(NC(=O)CNC(=O)c3cc(NC(=O)CNC(=O)c4cc(NC(=O)[C@@H](C)NC(=O)CCCCN=C(N)N)ccc4OC)ccc3OC)ccc2OC)cc1C(N)=O. The van der Waals surface area contributed by atoms with Crippen LogP contribution in [-0.4, -0.2) is 120 Å². The van der Waals surface area contributed by atoms with Gasteiger partial charge in [-0.15, -0.1) is 0 Å². The number of ether oxygens (including phenoxy) is 4. The van der Waals surface area contributed by atoms with Crippen LogP contribution < -0.4 is 78.7 Å². The van der Waals surface area contributed by atoms with Crippen LogP contribution >= 0.6 is 0 Å². The number of methoxy groups -OCH3 is 4. The normalized spacial score (nSPS) is 10.7. The summed E-state index contributed by atoms with van der Waals surface area (Å²) in [6.07, 6.45) is 1.23. The molecule has 0 aliphatic carbocycles. The second kappa shape index (κ2) is 26.9. The summed E-state index contributed by atoms with van der Waals surface area (Å²) in [5.41, 5.74) is 16.6. The average molecular weight is 997 g/mol. The van der Waals surface area contributed by atoms with E-state index in [2.05, 4.69) is 47.5 Å². The predicted octanol–water partition coefficient (Wildman–Crippen LogP) is 0.812. The Hall–Kier alpha value is -9.42. The number of benzene rings is 4. The molecule has 25 heteroatoms. The van der Waals surface area contributed by atoms with Gasteiger partial charge in [0, 0.05) is 35.7 Å². The van der Waals surface area contributed by atoms with E-state index in [1.165, 1.54) is 108 Å². The monoisotopic (exact) mass is 996 g/mol. The van der Waals surface area contributed by atoms with Crippen LogP contribution in [0.5, 0.6) is 23.0 Å². The Morgan fingerprint density at radius 2 is 0.833 bits per heavy atom. The highest BCUT2D eigenvalue weighted by molar-refractivity contribution is 6.06. The van der Waals surface area contributed by atoms with Crippen LogP contribution in [0.25, 0.3) is 0 Å². The molecule has 0 unspecified atom stereocenters. The van der Waals surface area contributed by atoms with E-state index < -0.39 is 72.9 Å². The number of primary amides is 1. The van der Waals surface area contributed by atoms with Crippen LogP contribution in [-0.2, 0) is 24.0 Å². The number of nitrogens with zero attached hydrogens (tertiary/aromatic N) is 1. The summed E-state index contributed by atoms with van der Waals surface area (Å²) in [7, 11) is 5.32. The summed E-state index contributed by atoms with van der Waals surface area (Å²) in [6, 6.07) is 15.9. The van der Waals surface area contributed by atoms with E-state index in [0.717, 1.165) is 0 Å². The van der Waals surface area contributed by atoms with E-state index in [1.807, 2.05) is 0 Å². The summed E-state index contributed by atoms with van der Waals surface area (Å²) < 4.78 is 21.0. The zero-order chi connectivity index (χ0) is 52.9. The molecule has 0 aliphatic heterocycles. The number of hydrogen-bond donors (Lipinski definition) is 11. The fourth-order valence-corrected chi connectivity index (χ4v) is 6.49. The van der Waals surface area contributed by atoms with Crippen LogP contribution in [0.3, 0.4) is 0 Å². The molecule has 0 heterocycles. The molecule has 4 aromatic rings. The number of guanidine groups is 1. The number of nitrogens with two attached hydrogens (primary N) is 3. The van der Waals surface area contributed by atoms with Gasteiger partial charge in [0.1, 0.15) is 29.0 Å². The maximum atomic E-state index is 13.3. The smallest absolute Gasteiger partial charge is 0.255 e. The van der Waals surface area contributed by atoms with E-state index in [9.17, 15) is 43.2 Å². The highest BCUT2D eigenvalue weighted by Crippen LogP contribution is 2.26. The molecule has 1 atom stereocenters. The summed E-state index contributed by atoms with van der Waals surface area (Å²) in [5.74, 6) is -5.37. The second-order valence-electron chi connectivity index (χ2n) is 15.3. The minimum absolute atomic E-state index is 0.0156. The maximum Gasteiger partial charge on any atom is 0.255 e. The molecule has 25 nitrogen and oxygen atoms in total. The lowest BCUT2D eigenvalue weighted by molar-refractivity contribution is -0.126. The van der Waals surface area contributed by atoms with Gasteiger partial charge in [-0.25, -0.2) is 0 Å². The lowest BCUT2D eigenvalue weighted by atomic mass is 10.1. The molecule has 0 spiro atoms. The number of carbonyl (C=O) groups is 9. The molecule has 72 heavy (non-hydrogen) atoms.